The SMILES string of the molecule is CCN(CC)c1ccc(N=Nc2ccc(C(=O)C(F)(F)F)cc2)cc1. The average molecular weight is 349 g/mol. The van der Waals surface area contributed by atoms with Gasteiger partial charge >= 0.3 is 6.18 Å². The Morgan fingerprint density at radius 3 is 1.72 bits per heavy atom. The van der Waals surface area contributed by atoms with Gasteiger partial charge in [-0.15, -0.1) is 0 Å². The number of hydrogen-bond acceptors (Lipinski definition) is 4. The minimum absolute atomic E-state index is 0.367. The van der Waals surface area contributed by atoms with Crippen LogP contribution in [-0.4, -0.2) is 25.0 Å². The van der Waals surface area contributed by atoms with Crippen molar-refractivity contribution >= 4 is 22.8 Å². The molecule has 0 unspecified atom stereocenters. The molecule has 0 spiro atoms. The highest BCUT2D eigenvalue weighted by molar-refractivity contribution is 6.00. The zero-order chi connectivity index (χ0) is 18.4. The van der Waals surface area contributed by atoms with Crippen molar-refractivity contribution in [3.05, 3.63) is 54.1 Å². The third-order valence-electron chi connectivity index (χ3n) is 3.65. The predicted molar refractivity (Wildman–Crippen MR) is 91.0 cm³/mol. The average Bonchev–Trinajstić information content (AvgIpc) is 2.61. The van der Waals surface area contributed by atoms with E-state index in [-0.39, 0.29) is 0 Å². The lowest BCUT2D eigenvalue weighted by atomic mass is 10.1. The lowest BCUT2D eigenvalue weighted by Crippen LogP contribution is -2.22. The number of carbonyl (C=O) groups excluding carboxylic acids is 1. The van der Waals surface area contributed by atoms with Crippen molar-refractivity contribution in [1.29, 1.82) is 0 Å². The lowest BCUT2D eigenvalue weighted by molar-refractivity contribution is -0.0885. The normalized spacial score (nSPS) is 11.7. The minimum Gasteiger partial charge on any atom is -0.372 e. The standard InChI is InChI=1S/C18H18F3N3O/c1-3-24(4-2)16-11-9-15(10-12-16)23-22-14-7-5-13(6-8-14)17(25)18(19,20)21/h5-12H,3-4H2,1-2H3. The van der Waals surface area contributed by atoms with Crippen LogP contribution in [-0.2, 0) is 0 Å². The summed E-state index contributed by atoms with van der Waals surface area (Å²) < 4.78 is 37.1. The van der Waals surface area contributed by atoms with Crippen LogP contribution in [0.15, 0.2) is 58.8 Å². The first-order valence-electron chi connectivity index (χ1n) is 7.83. The second kappa shape index (κ2) is 7.92. The van der Waals surface area contributed by atoms with E-state index in [4.69, 9.17) is 0 Å². The van der Waals surface area contributed by atoms with E-state index >= 15 is 0 Å². The number of rotatable bonds is 6. The van der Waals surface area contributed by atoms with Crippen LogP contribution in [0, 0.1) is 0 Å². The Morgan fingerprint density at radius 2 is 1.32 bits per heavy atom. The Morgan fingerprint density at radius 1 is 0.880 bits per heavy atom. The van der Waals surface area contributed by atoms with Crippen molar-refractivity contribution in [1.82, 2.24) is 0 Å². The van der Waals surface area contributed by atoms with Gasteiger partial charge in [0.25, 0.3) is 5.78 Å². The van der Waals surface area contributed by atoms with E-state index in [0.29, 0.717) is 11.4 Å². The summed E-state index contributed by atoms with van der Waals surface area (Å²) in [5, 5.41) is 8.02. The molecule has 0 aromatic heterocycles. The van der Waals surface area contributed by atoms with Gasteiger partial charge in [0.15, 0.2) is 0 Å². The first kappa shape index (κ1) is 18.6. The van der Waals surface area contributed by atoms with E-state index in [1.807, 2.05) is 24.3 Å². The zero-order valence-corrected chi connectivity index (χ0v) is 13.9. The van der Waals surface area contributed by atoms with Crippen LogP contribution in [0.4, 0.5) is 30.2 Å². The fraction of sp³-hybridized carbons (Fsp3) is 0.278. The van der Waals surface area contributed by atoms with Crippen molar-refractivity contribution in [3.63, 3.8) is 0 Å². The molecule has 4 nitrogen and oxygen atoms in total. The van der Waals surface area contributed by atoms with Gasteiger partial charge in [0.1, 0.15) is 0 Å². The van der Waals surface area contributed by atoms with E-state index < -0.39 is 17.5 Å². The Balaban J connectivity index is 2.08. The summed E-state index contributed by atoms with van der Waals surface area (Å²) in [6.45, 7) is 5.95. The third-order valence-corrected chi connectivity index (χ3v) is 3.65. The molecule has 25 heavy (non-hydrogen) atoms. The van der Waals surface area contributed by atoms with E-state index in [9.17, 15) is 18.0 Å². The molecule has 0 aliphatic rings. The summed E-state index contributed by atoms with van der Waals surface area (Å²) in [5.74, 6) is -1.87. The molecule has 0 bridgehead atoms. The van der Waals surface area contributed by atoms with E-state index in [1.54, 1.807) is 0 Å². The zero-order valence-electron chi connectivity index (χ0n) is 13.9. The molecule has 0 heterocycles. The molecule has 0 aliphatic heterocycles. The topological polar surface area (TPSA) is 45.0 Å². The van der Waals surface area contributed by atoms with Crippen LogP contribution in [0.3, 0.4) is 0 Å². The Labute approximate surface area is 144 Å². The molecular weight excluding hydrogens is 331 g/mol. The number of carbonyl (C=O) groups is 1. The molecule has 7 heteroatoms. The number of Topliss-reactive ketones (excluding diaryl/α,β-unsaturated/α-hetero) is 1. The minimum atomic E-state index is -4.88. The summed E-state index contributed by atoms with van der Waals surface area (Å²) in [6, 6.07) is 12.3. The van der Waals surface area contributed by atoms with E-state index in [2.05, 4.69) is 29.0 Å². The molecule has 0 atom stereocenters. The lowest BCUT2D eigenvalue weighted by Gasteiger charge is -2.20. The highest BCUT2D eigenvalue weighted by Gasteiger charge is 2.39. The largest absolute Gasteiger partial charge is 0.454 e. The molecule has 0 fully saturated rings. The monoisotopic (exact) mass is 349 g/mol. The number of halogens is 3. The van der Waals surface area contributed by atoms with Crippen LogP contribution >= 0.6 is 0 Å². The van der Waals surface area contributed by atoms with E-state index in [1.165, 1.54) is 12.1 Å². The van der Waals surface area contributed by atoms with Gasteiger partial charge in [0.2, 0.25) is 0 Å². The van der Waals surface area contributed by atoms with Crippen molar-refractivity contribution in [3.8, 4) is 0 Å². The molecular formula is C18H18F3N3O. The second-order valence-electron chi connectivity index (χ2n) is 5.26. The number of nitrogens with zero attached hydrogens (tertiary/aromatic N) is 3. The highest BCUT2D eigenvalue weighted by Crippen LogP contribution is 2.25. The van der Waals surface area contributed by atoms with Gasteiger partial charge in [-0.2, -0.15) is 23.4 Å². The van der Waals surface area contributed by atoms with Gasteiger partial charge in [-0.25, -0.2) is 0 Å². The summed E-state index contributed by atoms with van der Waals surface area (Å²) in [4.78, 5) is 13.3. The summed E-state index contributed by atoms with van der Waals surface area (Å²) >= 11 is 0. The fourth-order valence-electron chi connectivity index (χ4n) is 2.28. The summed E-state index contributed by atoms with van der Waals surface area (Å²) in [5.41, 5.74) is 1.66. The highest BCUT2D eigenvalue weighted by atomic mass is 19.4. The Kier molecular flexibility index (Phi) is 5.90. The maximum atomic E-state index is 12.4. The smallest absolute Gasteiger partial charge is 0.372 e. The molecule has 0 saturated carbocycles. The number of azo groups is 1. The Bertz CT molecular complexity index is 734. The van der Waals surface area contributed by atoms with Crippen molar-refractivity contribution in [2.24, 2.45) is 10.2 Å². The molecule has 2 rings (SSSR count). The van der Waals surface area contributed by atoms with Crippen LogP contribution < -0.4 is 4.90 Å². The number of hydrogen-bond donors (Lipinski definition) is 0. The molecule has 0 amide bonds. The van der Waals surface area contributed by atoms with Crippen LogP contribution in [0.5, 0.6) is 0 Å². The first-order chi connectivity index (χ1) is 11.8. The van der Waals surface area contributed by atoms with Crippen LogP contribution in [0.2, 0.25) is 0 Å². The summed E-state index contributed by atoms with van der Waals surface area (Å²) in [7, 11) is 0. The molecule has 2 aromatic carbocycles. The number of anilines is 1. The molecule has 2 aromatic rings. The quantitative estimate of drug-likeness (QED) is 0.496. The van der Waals surface area contributed by atoms with Crippen molar-refractivity contribution in [2.45, 2.75) is 20.0 Å². The Hall–Kier alpha value is -2.70. The molecule has 0 N–H and O–H groups in total. The first-order valence-corrected chi connectivity index (χ1v) is 7.83. The van der Waals surface area contributed by atoms with Gasteiger partial charge < -0.3 is 4.90 Å². The van der Waals surface area contributed by atoms with Gasteiger partial charge in [-0.3, -0.25) is 4.79 Å². The number of alkyl halides is 3. The van der Waals surface area contributed by atoms with Gasteiger partial charge in [0.05, 0.1) is 11.4 Å². The molecule has 132 valence electrons. The van der Waals surface area contributed by atoms with Crippen molar-refractivity contribution < 1.29 is 18.0 Å². The number of benzene rings is 2. The molecule has 0 saturated heterocycles. The van der Waals surface area contributed by atoms with Crippen molar-refractivity contribution in [2.75, 3.05) is 18.0 Å². The molecule has 0 radical (unpaired) electrons. The summed E-state index contributed by atoms with van der Waals surface area (Å²) in [6.07, 6.45) is -4.88. The van der Waals surface area contributed by atoms with E-state index in [0.717, 1.165) is 30.9 Å². The van der Waals surface area contributed by atoms with Gasteiger partial charge in [0, 0.05) is 24.3 Å². The second-order valence-corrected chi connectivity index (χ2v) is 5.26. The van der Waals surface area contributed by atoms with Crippen LogP contribution in [0.1, 0.15) is 24.2 Å². The maximum Gasteiger partial charge on any atom is 0.454 e. The third kappa shape index (κ3) is 4.89. The fourth-order valence-corrected chi connectivity index (χ4v) is 2.28. The van der Waals surface area contributed by atoms with Crippen LogP contribution in [0.25, 0.3) is 0 Å². The maximum absolute atomic E-state index is 12.4. The molecule has 0 aliphatic carbocycles. The number of ketones is 1. The van der Waals surface area contributed by atoms with Gasteiger partial charge in [-0.1, -0.05) is 0 Å². The predicted octanol–water partition coefficient (Wildman–Crippen LogP) is 5.69. The van der Waals surface area contributed by atoms with Gasteiger partial charge in [-0.05, 0) is 62.4 Å².